The highest BCUT2D eigenvalue weighted by atomic mass is 19.1. The van der Waals surface area contributed by atoms with E-state index in [9.17, 15) is 9.18 Å². The molecule has 1 aromatic rings. The molecule has 0 heterocycles. The van der Waals surface area contributed by atoms with E-state index in [-0.39, 0.29) is 18.3 Å². The summed E-state index contributed by atoms with van der Waals surface area (Å²) >= 11 is 0. The average molecular weight is 212 g/mol. The van der Waals surface area contributed by atoms with Crippen LogP contribution in [0.4, 0.5) is 4.39 Å². The lowest BCUT2D eigenvalue weighted by atomic mass is 10.1. The molecule has 0 unspecified atom stereocenters. The molecule has 0 spiro atoms. The summed E-state index contributed by atoms with van der Waals surface area (Å²) < 4.78 is 17.7. The number of ether oxygens (including phenoxy) is 1. The topological polar surface area (TPSA) is 46.5 Å². The van der Waals surface area contributed by atoms with Crippen LogP contribution in [0, 0.1) is 5.82 Å². The number of benzene rings is 1. The summed E-state index contributed by atoms with van der Waals surface area (Å²) in [7, 11) is 0. The average Bonchev–Trinajstić information content (AvgIpc) is 1.98. The minimum Gasteiger partial charge on any atom is -0.508 e. The lowest BCUT2D eigenvalue weighted by Crippen LogP contribution is -2.13. The quantitative estimate of drug-likeness (QED) is 0.780. The zero-order valence-electron chi connectivity index (χ0n) is 8.66. The molecule has 0 aliphatic heterocycles. The Morgan fingerprint density at radius 1 is 1.47 bits per heavy atom. The van der Waals surface area contributed by atoms with Gasteiger partial charge in [-0.3, -0.25) is 4.79 Å². The first-order chi connectivity index (χ1) is 6.97. The van der Waals surface area contributed by atoms with Gasteiger partial charge in [-0.1, -0.05) is 0 Å². The molecule has 0 aromatic heterocycles. The van der Waals surface area contributed by atoms with E-state index in [2.05, 4.69) is 0 Å². The minimum atomic E-state index is -0.567. The molecule has 1 N–H and O–H groups in total. The van der Waals surface area contributed by atoms with Crippen molar-refractivity contribution < 1.29 is 19.0 Å². The number of hydrogen-bond donors (Lipinski definition) is 1. The predicted octanol–water partition coefficient (Wildman–Crippen LogP) is 2.03. The number of phenolic OH excluding ortho intramolecular Hbond substituents is 1. The largest absolute Gasteiger partial charge is 0.508 e. The molecule has 1 rings (SSSR count). The van der Waals surface area contributed by atoms with Gasteiger partial charge in [0.15, 0.2) is 0 Å². The smallest absolute Gasteiger partial charge is 0.310 e. The molecule has 0 saturated carbocycles. The summed E-state index contributed by atoms with van der Waals surface area (Å²) in [6.45, 7) is 3.47. The van der Waals surface area contributed by atoms with Gasteiger partial charge in [0.1, 0.15) is 11.6 Å². The maximum Gasteiger partial charge on any atom is 0.310 e. The summed E-state index contributed by atoms with van der Waals surface area (Å²) in [6, 6.07) is 3.52. The number of esters is 1. The fraction of sp³-hybridized carbons (Fsp3) is 0.364. The highest BCUT2D eigenvalue weighted by Crippen LogP contribution is 2.15. The van der Waals surface area contributed by atoms with Gasteiger partial charge in [-0.05, 0) is 31.5 Å². The van der Waals surface area contributed by atoms with Crippen molar-refractivity contribution in [3.63, 3.8) is 0 Å². The normalized spacial score (nSPS) is 10.4. The molecule has 0 atom stereocenters. The summed E-state index contributed by atoms with van der Waals surface area (Å²) in [5.41, 5.74) is 0.401. The van der Waals surface area contributed by atoms with Gasteiger partial charge in [-0.25, -0.2) is 4.39 Å². The zero-order chi connectivity index (χ0) is 11.4. The molecule has 1 aromatic carbocycles. The molecule has 0 aliphatic carbocycles. The third-order valence-corrected chi connectivity index (χ3v) is 1.66. The SMILES string of the molecule is CC(C)OC(=O)Cc1cc(O)cc(F)c1. The molecule has 0 saturated heterocycles. The van der Waals surface area contributed by atoms with Crippen LogP contribution in [0.2, 0.25) is 0 Å². The first kappa shape index (κ1) is 11.5. The molecule has 82 valence electrons. The van der Waals surface area contributed by atoms with E-state index in [1.807, 2.05) is 0 Å². The fourth-order valence-corrected chi connectivity index (χ4v) is 1.21. The monoisotopic (exact) mass is 212 g/mol. The Bertz CT molecular complexity index is 341. The van der Waals surface area contributed by atoms with Gasteiger partial charge in [-0.15, -0.1) is 0 Å². The van der Waals surface area contributed by atoms with Crippen LogP contribution >= 0.6 is 0 Å². The van der Waals surface area contributed by atoms with Crippen LogP contribution < -0.4 is 0 Å². The molecular formula is C11H13FO3. The van der Waals surface area contributed by atoms with Gasteiger partial charge in [0.25, 0.3) is 0 Å². The summed E-state index contributed by atoms with van der Waals surface area (Å²) in [6.07, 6.45) is -0.233. The van der Waals surface area contributed by atoms with Gasteiger partial charge >= 0.3 is 5.97 Å². The number of carbonyl (C=O) groups excluding carboxylic acids is 1. The van der Waals surface area contributed by atoms with Crippen LogP contribution in [0.15, 0.2) is 18.2 Å². The van der Waals surface area contributed by atoms with E-state index < -0.39 is 11.8 Å². The van der Waals surface area contributed by atoms with Gasteiger partial charge in [0, 0.05) is 6.07 Å². The van der Waals surface area contributed by atoms with Crippen LogP contribution in [0.5, 0.6) is 5.75 Å². The van der Waals surface area contributed by atoms with Crippen LogP contribution in [0.1, 0.15) is 19.4 Å². The van der Waals surface area contributed by atoms with Gasteiger partial charge in [-0.2, -0.15) is 0 Å². The number of halogens is 1. The Hall–Kier alpha value is -1.58. The number of aromatic hydroxyl groups is 1. The third kappa shape index (κ3) is 3.97. The first-order valence-electron chi connectivity index (χ1n) is 4.65. The zero-order valence-corrected chi connectivity index (χ0v) is 8.66. The molecule has 3 nitrogen and oxygen atoms in total. The predicted molar refractivity (Wildman–Crippen MR) is 53.0 cm³/mol. The van der Waals surface area contributed by atoms with Gasteiger partial charge in [0.05, 0.1) is 12.5 Å². The van der Waals surface area contributed by atoms with Crippen molar-refractivity contribution in [2.45, 2.75) is 26.4 Å². The maximum absolute atomic E-state index is 12.8. The molecule has 15 heavy (non-hydrogen) atoms. The highest BCUT2D eigenvalue weighted by Gasteiger charge is 2.08. The number of carbonyl (C=O) groups is 1. The first-order valence-corrected chi connectivity index (χ1v) is 4.65. The molecule has 0 radical (unpaired) electrons. The van der Waals surface area contributed by atoms with E-state index in [1.54, 1.807) is 13.8 Å². The summed E-state index contributed by atoms with van der Waals surface area (Å²) in [5, 5.41) is 9.10. The van der Waals surface area contributed by atoms with Crippen LogP contribution in [0.25, 0.3) is 0 Å². The van der Waals surface area contributed by atoms with E-state index >= 15 is 0 Å². The maximum atomic E-state index is 12.8. The molecule has 4 heteroatoms. The molecular weight excluding hydrogens is 199 g/mol. The standard InChI is InChI=1S/C11H13FO3/c1-7(2)15-11(14)5-8-3-9(12)6-10(13)4-8/h3-4,6-7,13H,5H2,1-2H3. The number of phenols is 1. The molecule has 0 amide bonds. The van der Waals surface area contributed by atoms with E-state index in [4.69, 9.17) is 9.84 Å². The minimum absolute atomic E-state index is 0.0382. The second-order valence-electron chi connectivity index (χ2n) is 3.53. The molecule has 0 fully saturated rings. The Balaban J connectivity index is 2.68. The second-order valence-corrected chi connectivity index (χ2v) is 3.53. The highest BCUT2D eigenvalue weighted by molar-refractivity contribution is 5.72. The Morgan fingerprint density at radius 3 is 2.67 bits per heavy atom. The van der Waals surface area contributed by atoms with Crippen LogP contribution in [-0.2, 0) is 16.0 Å². The Labute approximate surface area is 87.5 Å². The fourth-order valence-electron chi connectivity index (χ4n) is 1.21. The second kappa shape index (κ2) is 4.77. The van der Waals surface area contributed by atoms with E-state index in [0.29, 0.717) is 5.56 Å². The molecule has 0 aliphatic rings. The lowest BCUT2D eigenvalue weighted by molar-refractivity contribution is -0.146. The van der Waals surface area contributed by atoms with Crippen molar-refractivity contribution in [2.24, 2.45) is 0 Å². The van der Waals surface area contributed by atoms with Crippen molar-refractivity contribution in [3.05, 3.63) is 29.6 Å². The summed E-state index contributed by atoms with van der Waals surface area (Å²) in [4.78, 5) is 11.2. The van der Waals surface area contributed by atoms with Crippen LogP contribution in [-0.4, -0.2) is 17.2 Å². The van der Waals surface area contributed by atoms with Crippen molar-refractivity contribution in [3.8, 4) is 5.75 Å². The van der Waals surface area contributed by atoms with Gasteiger partial charge in [0.2, 0.25) is 0 Å². The Kier molecular flexibility index (Phi) is 3.66. The lowest BCUT2D eigenvalue weighted by Gasteiger charge is -2.07. The number of hydrogen-bond acceptors (Lipinski definition) is 3. The molecule has 0 bridgehead atoms. The van der Waals surface area contributed by atoms with Crippen molar-refractivity contribution in [2.75, 3.05) is 0 Å². The van der Waals surface area contributed by atoms with Crippen molar-refractivity contribution in [1.82, 2.24) is 0 Å². The van der Waals surface area contributed by atoms with E-state index in [0.717, 1.165) is 6.07 Å². The van der Waals surface area contributed by atoms with Gasteiger partial charge < -0.3 is 9.84 Å². The third-order valence-electron chi connectivity index (χ3n) is 1.66. The van der Waals surface area contributed by atoms with Crippen LogP contribution in [0.3, 0.4) is 0 Å². The van der Waals surface area contributed by atoms with E-state index in [1.165, 1.54) is 12.1 Å². The number of rotatable bonds is 3. The Morgan fingerprint density at radius 2 is 2.13 bits per heavy atom. The van der Waals surface area contributed by atoms with Crippen molar-refractivity contribution in [1.29, 1.82) is 0 Å². The summed E-state index contributed by atoms with van der Waals surface area (Å²) in [5.74, 6) is -1.19. The van der Waals surface area contributed by atoms with Crippen molar-refractivity contribution >= 4 is 5.97 Å².